The van der Waals surface area contributed by atoms with Crippen LogP contribution in [0.3, 0.4) is 0 Å². The second kappa shape index (κ2) is 11.6. The molecule has 1 aliphatic heterocycles. The Bertz CT molecular complexity index is 551. The second-order valence-electron chi connectivity index (χ2n) is 6.76. The Hall–Kier alpha value is -1.06. The Kier molecular flexibility index (Phi) is 10.3. The number of aliphatic imine (C=N–C) groups is 1. The number of hydrogen-bond donors (Lipinski definition) is 1. The van der Waals surface area contributed by atoms with Crippen molar-refractivity contribution >= 4 is 29.9 Å². The van der Waals surface area contributed by atoms with Crippen LogP contribution in [0.25, 0.3) is 0 Å². The highest BCUT2D eigenvalue weighted by Crippen LogP contribution is 2.13. The summed E-state index contributed by atoms with van der Waals surface area (Å²) in [5.41, 5.74) is 1.24. The summed E-state index contributed by atoms with van der Waals surface area (Å²) in [7, 11) is 8.30. The summed E-state index contributed by atoms with van der Waals surface area (Å²) in [5.74, 6) is 1.84. The first-order valence-corrected chi connectivity index (χ1v) is 9.05. The van der Waals surface area contributed by atoms with Crippen molar-refractivity contribution in [1.29, 1.82) is 0 Å². The highest BCUT2D eigenvalue weighted by molar-refractivity contribution is 14.0. The maximum Gasteiger partial charge on any atom is 0.193 e. The number of nitrogens with one attached hydrogen (secondary N) is 1. The van der Waals surface area contributed by atoms with Gasteiger partial charge < -0.3 is 19.9 Å². The third kappa shape index (κ3) is 6.92. The third-order valence-electron chi connectivity index (χ3n) is 4.70. The number of nitrogens with zero attached hydrogens (tertiary/aromatic N) is 4. The molecule has 0 spiro atoms. The summed E-state index contributed by atoms with van der Waals surface area (Å²) in [6.07, 6.45) is 0. The minimum absolute atomic E-state index is 0. The van der Waals surface area contributed by atoms with Crippen molar-refractivity contribution in [2.75, 3.05) is 61.0 Å². The predicted octanol–water partition coefficient (Wildman–Crippen LogP) is 1.96. The van der Waals surface area contributed by atoms with Crippen molar-refractivity contribution in [2.24, 2.45) is 4.99 Å². The van der Waals surface area contributed by atoms with Gasteiger partial charge in [-0.15, -0.1) is 24.0 Å². The molecule has 26 heavy (non-hydrogen) atoms. The Morgan fingerprint density at radius 1 is 1.27 bits per heavy atom. The molecule has 0 aromatic heterocycles. The molecule has 0 amide bonds. The van der Waals surface area contributed by atoms with Crippen LogP contribution in [-0.4, -0.2) is 87.7 Å². The summed E-state index contributed by atoms with van der Waals surface area (Å²) in [6.45, 7) is 7.75. The number of piperazine rings is 1. The topological polar surface area (TPSA) is 43.3 Å². The van der Waals surface area contributed by atoms with Crippen LogP contribution in [0.15, 0.2) is 29.3 Å². The Labute approximate surface area is 175 Å². The number of likely N-dealkylation sites (N-methyl/N-ethyl adjacent to an activating group) is 2. The Morgan fingerprint density at radius 2 is 1.96 bits per heavy atom. The number of hydrogen-bond acceptors (Lipinski definition) is 4. The van der Waals surface area contributed by atoms with Crippen LogP contribution in [0, 0.1) is 0 Å². The van der Waals surface area contributed by atoms with Crippen molar-refractivity contribution in [2.45, 2.75) is 19.5 Å². The van der Waals surface area contributed by atoms with Crippen molar-refractivity contribution < 1.29 is 4.74 Å². The molecule has 1 unspecified atom stereocenters. The number of halogens is 1. The summed E-state index contributed by atoms with van der Waals surface area (Å²) in [5, 5.41) is 3.52. The highest BCUT2D eigenvalue weighted by Gasteiger charge is 2.22. The molecule has 0 radical (unpaired) electrons. The Balaban J connectivity index is 0.00000338. The lowest BCUT2D eigenvalue weighted by molar-refractivity contribution is 0.116. The van der Waals surface area contributed by atoms with Gasteiger partial charge in [-0.3, -0.25) is 9.89 Å². The zero-order valence-electron chi connectivity index (χ0n) is 16.7. The van der Waals surface area contributed by atoms with Crippen molar-refractivity contribution in [3.05, 3.63) is 29.8 Å². The fraction of sp³-hybridized carbons (Fsp3) is 0.632. The first kappa shape index (κ1) is 23.0. The molecule has 0 aliphatic carbocycles. The molecule has 0 bridgehead atoms. The molecule has 0 saturated carbocycles. The molecule has 1 aromatic carbocycles. The van der Waals surface area contributed by atoms with Gasteiger partial charge in [-0.25, -0.2) is 0 Å². The average molecular weight is 475 g/mol. The van der Waals surface area contributed by atoms with Crippen LogP contribution in [0.5, 0.6) is 5.75 Å². The van der Waals surface area contributed by atoms with E-state index in [-0.39, 0.29) is 24.0 Å². The fourth-order valence-electron chi connectivity index (χ4n) is 3.12. The molecule has 2 rings (SSSR count). The molecule has 1 aromatic rings. The molecular weight excluding hydrogens is 441 g/mol. The minimum Gasteiger partial charge on any atom is -0.494 e. The number of ether oxygens (including phenoxy) is 1. The van der Waals surface area contributed by atoms with Gasteiger partial charge in [-0.05, 0) is 38.7 Å². The van der Waals surface area contributed by atoms with E-state index in [2.05, 4.69) is 58.3 Å². The molecule has 1 heterocycles. The van der Waals surface area contributed by atoms with E-state index in [9.17, 15) is 0 Å². The predicted molar refractivity (Wildman–Crippen MR) is 120 cm³/mol. The van der Waals surface area contributed by atoms with Gasteiger partial charge in [0.1, 0.15) is 5.75 Å². The van der Waals surface area contributed by atoms with Gasteiger partial charge in [0, 0.05) is 52.9 Å². The standard InChI is InChI=1S/C19H33N5O.HI/c1-6-25-18-9-7-16(8-10-18)14-24(5)19(20-2)21-13-17-15-22(3)11-12-23(17)4;/h7-10,17H,6,11-15H2,1-5H3,(H,20,21);1H. The van der Waals surface area contributed by atoms with E-state index in [0.29, 0.717) is 12.6 Å². The zero-order chi connectivity index (χ0) is 18.2. The van der Waals surface area contributed by atoms with Gasteiger partial charge in [-0.2, -0.15) is 0 Å². The second-order valence-corrected chi connectivity index (χ2v) is 6.76. The van der Waals surface area contributed by atoms with Crippen LogP contribution in [0.2, 0.25) is 0 Å². The van der Waals surface area contributed by atoms with Gasteiger partial charge in [0.15, 0.2) is 5.96 Å². The van der Waals surface area contributed by atoms with Crippen LogP contribution in [0.4, 0.5) is 0 Å². The molecule has 148 valence electrons. The highest BCUT2D eigenvalue weighted by atomic mass is 127. The van der Waals surface area contributed by atoms with E-state index in [0.717, 1.165) is 44.4 Å². The molecule has 1 saturated heterocycles. The molecular formula is C19H34IN5O. The zero-order valence-corrected chi connectivity index (χ0v) is 19.1. The normalized spacial score (nSPS) is 19.0. The maximum atomic E-state index is 5.50. The lowest BCUT2D eigenvalue weighted by Gasteiger charge is -2.38. The molecule has 1 fully saturated rings. The van der Waals surface area contributed by atoms with Crippen LogP contribution >= 0.6 is 24.0 Å². The summed E-state index contributed by atoms with van der Waals surface area (Å²) in [4.78, 5) is 11.4. The van der Waals surface area contributed by atoms with E-state index in [1.54, 1.807) is 0 Å². The lowest BCUT2D eigenvalue weighted by Crippen LogP contribution is -2.55. The monoisotopic (exact) mass is 475 g/mol. The SMILES string of the molecule is CCOc1ccc(CN(C)C(=NC)NCC2CN(C)CCN2C)cc1.I. The molecule has 1 N–H and O–H groups in total. The molecule has 1 aliphatic rings. The van der Waals surface area contributed by atoms with E-state index in [1.807, 2.05) is 26.1 Å². The Morgan fingerprint density at radius 3 is 2.58 bits per heavy atom. The number of guanidine groups is 1. The molecule has 6 nitrogen and oxygen atoms in total. The third-order valence-corrected chi connectivity index (χ3v) is 4.70. The van der Waals surface area contributed by atoms with Crippen LogP contribution in [0.1, 0.15) is 12.5 Å². The van der Waals surface area contributed by atoms with Crippen molar-refractivity contribution in [3.63, 3.8) is 0 Å². The average Bonchev–Trinajstić information content (AvgIpc) is 2.60. The van der Waals surface area contributed by atoms with E-state index >= 15 is 0 Å². The number of benzene rings is 1. The van der Waals surface area contributed by atoms with Gasteiger partial charge in [0.2, 0.25) is 0 Å². The summed E-state index contributed by atoms with van der Waals surface area (Å²) in [6, 6.07) is 8.78. The maximum absolute atomic E-state index is 5.50. The number of rotatable bonds is 6. The molecule has 1 atom stereocenters. The minimum atomic E-state index is 0. The van der Waals surface area contributed by atoms with Gasteiger partial charge in [-0.1, -0.05) is 12.1 Å². The first-order valence-electron chi connectivity index (χ1n) is 9.05. The largest absolute Gasteiger partial charge is 0.494 e. The van der Waals surface area contributed by atoms with Crippen LogP contribution < -0.4 is 10.1 Å². The van der Waals surface area contributed by atoms with Gasteiger partial charge in [0.25, 0.3) is 0 Å². The first-order chi connectivity index (χ1) is 12.0. The van der Waals surface area contributed by atoms with E-state index in [4.69, 9.17) is 4.74 Å². The summed E-state index contributed by atoms with van der Waals surface area (Å²) >= 11 is 0. The molecule has 7 heteroatoms. The van der Waals surface area contributed by atoms with Crippen LogP contribution in [-0.2, 0) is 6.54 Å². The lowest BCUT2D eigenvalue weighted by atomic mass is 10.2. The summed E-state index contributed by atoms with van der Waals surface area (Å²) < 4.78 is 5.50. The quantitative estimate of drug-likeness (QED) is 0.387. The van der Waals surface area contributed by atoms with Gasteiger partial charge in [0.05, 0.1) is 6.61 Å². The van der Waals surface area contributed by atoms with Gasteiger partial charge >= 0.3 is 0 Å². The smallest absolute Gasteiger partial charge is 0.193 e. The van der Waals surface area contributed by atoms with Crippen molar-refractivity contribution in [1.82, 2.24) is 20.0 Å². The van der Waals surface area contributed by atoms with E-state index < -0.39 is 0 Å². The fourth-order valence-corrected chi connectivity index (χ4v) is 3.12. The van der Waals surface area contributed by atoms with Crippen molar-refractivity contribution in [3.8, 4) is 5.75 Å². The van der Waals surface area contributed by atoms with E-state index in [1.165, 1.54) is 5.56 Å².